The first-order valence-corrected chi connectivity index (χ1v) is 5.70. The van der Waals surface area contributed by atoms with Gasteiger partial charge >= 0.3 is 0 Å². The second-order valence-electron chi connectivity index (χ2n) is 3.46. The van der Waals surface area contributed by atoms with E-state index in [1.165, 1.54) is 18.3 Å². The lowest BCUT2D eigenvalue weighted by Crippen LogP contribution is -2.01. The van der Waals surface area contributed by atoms with Gasteiger partial charge in [-0.15, -0.1) is 0 Å². The molecular weight excluding hydrogens is 262 g/mol. The molecule has 0 radical (unpaired) electrons. The van der Waals surface area contributed by atoms with E-state index in [2.05, 4.69) is 10.3 Å². The highest BCUT2D eigenvalue weighted by atomic mass is 35.5. The van der Waals surface area contributed by atoms with Crippen LogP contribution < -0.4 is 5.32 Å². The summed E-state index contributed by atoms with van der Waals surface area (Å²) in [6, 6.07) is 7.84. The van der Waals surface area contributed by atoms with Crippen LogP contribution in [0.4, 0.5) is 10.2 Å². The Labute approximate surface area is 108 Å². The van der Waals surface area contributed by atoms with E-state index >= 15 is 0 Å². The Hall–Kier alpha value is -1.32. The Kier molecular flexibility index (Phi) is 3.82. The summed E-state index contributed by atoms with van der Waals surface area (Å²) in [5.74, 6) is 0.303. The molecule has 2 nitrogen and oxygen atoms in total. The standard InChI is InChI=1S/C12H9Cl2FN2/c13-9-5-11(14)12(17-7-9)16-6-8-1-3-10(15)4-2-8/h1-5,7H,6H2,(H,16,17). The van der Waals surface area contributed by atoms with Gasteiger partial charge in [0.25, 0.3) is 0 Å². The molecular formula is C12H9Cl2FN2. The summed E-state index contributed by atoms with van der Waals surface area (Å²) in [5, 5.41) is 4.00. The summed E-state index contributed by atoms with van der Waals surface area (Å²) in [6.07, 6.45) is 1.51. The number of pyridine rings is 1. The highest BCUT2D eigenvalue weighted by Crippen LogP contribution is 2.22. The molecule has 0 aliphatic rings. The second kappa shape index (κ2) is 5.34. The smallest absolute Gasteiger partial charge is 0.145 e. The fourth-order valence-electron chi connectivity index (χ4n) is 1.33. The predicted molar refractivity (Wildman–Crippen MR) is 68.0 cm³/mol. The molecule has 0 aliphatic carbocycles. The van der Waals surface area contributed by atoms with Crippen LogP contribution >= 0.6 is 23.2 Å². The number of hydrogen-bond donors (Lipinski definition) is 1. The highest BCUT2D eigenvalue weighted by Gasteiger charge is 2.02. The monoisotopic (exact) mass is 270 g/mol. The van der Waals surface area contributed by atoms with Crippen molar-refractivity contribution in [3.63, 3.8) is 0 Å². The van der Waals surface area contributed by atoms with Gasteiger partial charge in [0.1, 0.15) is 11.6 Å². The maximum absolute atomic E-state index is 12.7. The summed E-state index contributed by atoms with van der Waals surface area (Å²) < 4.78 is 12.7. The molecule has 1 aromatic carbocycles. The van der Waals surface area contributed by atoms with Crippen LogP contribution in [0, 0.1) is 5.82 Å². The number of anilines is 1. The molecule has 0 saturated carbocycles. The average molecular weight is 271 g/mol. The van der Waals surface area contributed by atoms with Gasteiger partial charge in [-0.3, -0.25) is 0 Å². The maximum atomic E-state index is 12.7. The van der Waals surface area contributed by atoms with E-state index < -0.39 is 0 Å². The van der Waals surface area contributed by atoms with Crippen LogP contribution in [0.15, 0.2) is 36.5 Å². The minimum absolute atomic E-state index is 0.253. The lowest BCUT2D eigenvalue weighted by Gasteiger charge is -2.07. The Morgan fingerprint density at radius 2 is 1.88 bits per heavy atom. The van der Waals surface area contributed by atoms with Crippen molar-refractivity contribution in [3.05, 3.63) is 58.0 Å². The fourth-order valence-corrected chi connectivity index (χ4v) is 1.78. The van der Waals surface area contributed by atoms with Crippen LogP contribution in [0.3, 0.4) is 0 Å². The van der Waals surface area contributed by atoms with E-state index in [9.17, 15) is 4.39 Å². The predicted octanol–water partition coefficient (Wildman–Crippen LogP) is 4.14. The van der Waals surface area contributed by atoms with Crippen LogP contribution in [0.5, 0.6) is 0 Å². The number of hydrogen-bond acceptors (Lipinski definition) is 2. The maximum Gasteiger partial charge on any atom is 0.145 e. The Balaban J connectivity index is 2.04. The molecule has 0 amide bonds. The fraction of sp³-hybridized carbons (Fsp3) is 0.0833. The molecule has 0 spiro atoms. The van der Waals surface area contributed by atoms with Crippen LogP contribution in [0.25, 0.3) is 0 Å². The molecule has 0 atom stereocenters. The van der Waals surface area contributed by atoms with Crippen molar-refractivity contribution < 1.29 is 4.39 Å². The lowest BCUT2D eigenvalue weighted by atomic mass is 10.2. The molecule has 1 heterocycles. The molecule has 1 aromatic heterocycles. The number of aromatic nitrogens is 1. The number of rotatable bonds is 3. The molecule has 17 heavy (non-hydrogen) atoms. The van der Waals surface area contributed by atoms with E-state index in [0.717, 1.165) is 5.56 Å². The van der Waals surface area contributed by atoms with E-state index in [1.807, 2.05) is 0 Å². The van der Waals surface area contributed by atoms with Gasteiger partial charge in [-0.1, -0.05) is 35.3 Å². The minimum Gasteiger partial charge on any atom is -0.365 e. The van der Waals surface area contributed by atoms with E-state index in [-0.39, 0.29) is 5.82 Å². The van der Waals surface area contributed by atoms with E-state index in [0.29, 0.717) is 22.4 Å². The normalized spacial score (nSPS) is 10.3. The van der Waals surface area contributed by atoms with Gasteiger partial charge in [-0.2, -0.15) is 0 Å². The van der Waals surface area contributed by atoms with Crippen molar-refractivity contribution in [2.24, 2.45) is 0 Å². The number of nitrogens with zero attached hydrogens (tertiary/aromatic N) is 1. The Morgan fingerprint density at radius 3 is 2.53 bits per heavy atom. The zero-order valence-electron chi connectivity index (χ0n) is 8.75. The summed E-state index contributed by atoms with van der Waals surface area (Å²) in [5.41, 5.74) is 0.944. The number of benzene rings is 1. The summed E-state index contributed by atoms with van der Waals surface area (Å²) >= 11 is 11.7. The summed E-state index contributed by atoms with van der Waals surface area (Å²) in [6.45, 7) is 0.522. The van der Waals surface area contributed by atoms with Crippen molar-refractivity contribution in [2.75, 3.05) is 5.32 Å². The largest absolute Gasteiger partial charge is 0.365 e. The quantitative estimate of drug-likeness (QED) is 0.907. The third-order valence-electron chi connectivity index (χ3n) is 2.18. The Bertz CT molecular complexity index is 514. The zero-order valence-corrected chi connectivity index (χ0v) is 10.3. The molecule has 0 saturated heterocycles. The summed E-state index contributed by atoms with van der Waals surface area (Å²) in [4.78, 5) is 4.06. The van der Waals surface area contributed by atoms with E-state index in [4.69, 9.17) is 23.2 Å². The first-order chi connectivity index (χ1) is 8.15. The van der Waals surface area contributed by atoms with Crippen LogP contribution in [-0.2, 0) is 6.54 Å². The van der Waals surface area contributed by atoms with Crippen molar-refractivity contribution in [3.8, 4) is 0 Å². The van der Waals surface area contributed by atoms with Crippen LogP contribution in [0.2, 0.25) is 10.0 Å². The third-order valence-corrected chi connectivity index (χ3v) is 2.68. The number of nitrogens with one attached hydrogen (secondary N) is 1. The van der Waals surface area contributed by atoms with Gasteiger partial charge in [0.15, 0.2) is 0 Å². The van der Waals surface area contributed by atoms with Crippen LogP contribution in [-0.4, -0.2) is 4.98 Å². The molecule has 0 aliphatic heterocycles. The highest BCUT2D eigenvalue weighted by molar-refractivity contribution is 6.35. The van der Waals surface area contributed by atoms with E-state index in [1.54, 1.807) is 18.2 Å². The van der Waals surface area contributed by atoms with Gasteiger partial charge in [-0.05, 0) is 23.8 Å². The topological polar surface area (TPSA) is 24.9 Å². The van der Waals surface area contributed by atoms with Crippen molar-refractivity contribution >= 4 is 29.0 Å². The molecule has 0 bridgehead atoms. The van der Waals surface area contributed by atoms with Gasteiger partial charge in [0.05, 0.1) is 10.0 Å². The summed E-state index contributed by atoms with van der Waals surface area (Å²) in [7, 11) is 0. The first-order valence-electron chi connectivity index (χ1n) is 4.94. The van der Waals surface area contributed by atoms with Gasteiger partial charge in [0, 0.05) is 12.7 Å². The van der Waals surface area contributed by atoms with Gasteiger partial charge < -0.3 is 5.32 Å². The molecule has 2 rings (SSSR count). The molecule has 88 valence electrons. The first kappa shape index (κ1) is 12.1. The van der Waals surface area contributed by atoms with Crippen molar-refractivity contribution in [1.29, 1.82) is 0 Å². The zero-order chi connectivity index (χ0) is 12.3. The lowest BCUT2D eigenvalue weighted by molar-refractivity contribution is 0.627. The minimum atomic E-state index is -0.253. The van der Waals surface area contributed by atoms with Crippen LogP contribution in [0.1, 0.15) is 5.56 Å². The molecule has 0 unspecified atom stereocenters. The molecule has 1 N–H and O–H groups in total. The second-order valence-corrected chi connectivity index (χ2v) is 4.31. The third kappa shape index (κ3) is 3.32. The van der Waals surface area contributed by atoms with Crippen molar-refractivity contribution in [2.45, 2.75) is 6.54 Å². The SMILES string of the molecule is Fc1ccc(CNc2ncc(Cl)cc2Cl)cc1. The number of halogens is 3. The average Bonchev–Trinajstić information content (AvgIpc) is 2.30. The van der Waals surface area contributed by atoms with Gasteiger partial charge in [0.2, 0.25) is 0 Å². The van der Waals surface area contributed by atoms with Gasteiger partial charge in [-0.25, -0.2) is 9.37 Å². The molecule has 0 fully saturated rings. The molecule has 2 aromatic rings. The molecule has 5 heteroatoms. The Morgan fingerprint density at radius 1 is 1.18 bits per heavy atom. The van der Waals surface area contributed by atoms with Crippen molar-refractivity contribution in [1.82, 2.24) is 4.98 Å².